The van der Waals surface area contributed by atoms with E-state index >= 15 is 0 Å². The highest BCUT2D eigenvalue weighted by atomic mass is 16.5. The molecule has 0 N–H and O–H groups in total. The molecule has 0 atom stereocenters. The number of esters is 1. The van der Waals surface area contributed by atoms with Gasteiger partial charge in [-0.3, -0.25) is 9.59 Å². The normalized spacial score (nSPS) is 15.3. The molecule has 20 heavy (non-hydrogen) atoms. The molecule has 1 aliphatic rings. The summed E-state index contributed by atoms with van der Waals surface area (Å²) >= 11 is 0. The van der Waals surface area contributed by atoms with Gasteiger partial charge in [0.05, 0.1) is 18.9 Å². The van der Waals surface area contributed by atoms with E-state index in [0.29, 0.717) is 17.7 Å². The zero-order chi connectivity index (χ0) is 14.5. The number of methoxy groups -OCH3 is 1. The Morgan fingerprint density at radius 1 is 1.40 bits per heavy atom. The molecule has 0 radical (unpaired) electrons. The Kier molecular flexibility index (Phi) is 4.82. The van der Waals surface area contributed by atoms with Crippen LogP contribution in [0.25, 0.3) is 0 Å². The van der Waals surface area contributed by atoms with Crippen LogP contribution in [0.2, 0.25) is 0 Å². The van der Waals surface area contributed by atoms with Crippen molar-refractivity contribution in [2.75, 3.05) is 13.7 Å². The molecule has 0 unspecified atom stereocenters. The Morgan fingerprint density at radius 2 is 2.10 bits per heavy atom. The molecule has 5 nitrogen and oxygen atoms in total. The summed E-state index contributed by atoms with van der Waals surface area (Å²) in [4.78, 5) is 25.9. The van der Waals surface area contributed by atoms with E-state index in [4.69, 9.17) is 9.15 Å². The van der Waals surface area contributed by atoms with Crippen molar-refractivity contribution in [3.05, 3.63) is 23.7 Å². The summed E-state index contributed by atoms with van der Waals surface area (Å²) in [5, 5.41) is 0. The molecule has 0 bridgehead atoms. The Bertz CT molecular complexity index is 474. The molecule has 0 aliphatic heterocycles. The highest BCUT2D eigenvalue weighted by molar-refractivity contribution is 5.97. The summed E-state index contributed by atoms with van der Waals surface area (Å²) in [5.41, 5.74) is 0.559. The molecule has 5 heteroatoms. The molecule has 1 aromatic rings. The van der Waals surface area contributed by atoms with Gasteiger partial charge in [-0.2, -0.15) is 0 Å². The van der Waals surface area contributed by atoms with Gasteiger partial charge in [-0.05, 0) is 18.9 Å². The Morgan fingerprint density at radius 3 is 2.70 bits per heavy atom. The van der Waals surface area contributed by atoms with Crippen LogP contribution in [0, 0.1) is 0 Å². The maximum atomic E-state index is 12.7. The quantitative estimate of drug-likeness (QED) is 0.777. The molecule has 2 rings (SSSR count). The number of ether oxygens (including phenoxy) is 1. The molecule has 1 fully saturated rings. The summed E-state index contributed by atoms with van der Waals surface area (Å²) in [6.07, 6.45) is 6.27. The Balaban J connectivity index is 2.20. The number of nitrogens with zero attached hydrogens (tertiary/aromatic N) is 1. The van der Waals surface area contributed by atoms with Gasteiger partial charge in [0.2, 0.25) is 0 Å². The predicted molar refractivity (Wildman–Crippen MR) is 73.4 cm³/mol. The lowest BCUT2D eigenvalue weighted by atomic mass is 10.1. The molecule has 1 heterocycles. The molecule has 1 aromatic heterocycles. The minimum absolute atomic E-state index is 0.00827. The standard InChI is InChI=1S/C15H21NO4/c1-3-13-12(8-9-20-13)15(18)16(10-14(17)19-2)11-6-4-5-7-11/h8-9,11H,3-7,10H2,1-2H3. The van der Waals surface area contributed by atoms with Gasteiger partial charge in [-0.25, -0.2) is 0 Å². The van der Waals surface area contributed by atoms with Gasteiger partial charge < -0.3 is 14.1 Å². The van der Waals surface area contributed by atoms with Crippen LogP contribution in [0.15, 0.2) is 16.7 Å². The smallest absolute Gasteiger partial charge is 0.325 e. The van der Waals surface area contributed by atoms with E-state index < -0.39 is 0 Å². The van der Waals surface area contributed by atoms with E-state index in [1.54, 1.807) is 11.0 Å². The zero-order valence-electron chi connectivity index (χ0n) is 12.1. The molecule has 1 aliphatic carbocycles. The van der Waals surface area contributed by atoms with Crippen molar-refractivity contribution in [3.8, 4) is 0 Å². The summed E-state index contributed by atoms with van der Waals surface area (Å²) in [7, 11) is 1.34. The van der Waals surface area contributed by atoms with Crippen LogP contribution in [-0.4, -0.2) is 36.5 Å². The number of furan rings is 1. The molecular formula is C15H21NO4. The monoisotopic (exact) mass is 279 g/mol. The largest absolute Gasteiger partial charge is 0.469 e. The highest BCUT2D eigenvalue weighted by Crippen LogP contribution is 2.26. The highest BCUT2D eigenvalue weighted by Gasteiger charge is 2.30. The van der Waals surface area contributed by atoms with Gasteiger partial charge in [0.1, 0.15) is 12.3 Å². The van der Waals surface area contributed by atoms with Gasteiger partial charge in [0, 0.05) is 12.5 Å². The molecule has 0 aromatic carbocycles. The van der Waals surface area contributed by atoms with Crippen LogP contribution in [0.1, 0.15) is 48.7 Å². The van der Waals surface area contributed by atoms with Crippen LogP contribution >= 0.6 is 0 Å². The first kappa shape index (κ1) is 14.6. The molecule has 1 saturated carbocycles. The van der Waals surface area contributed by atoms with Gasteiger partial charge in [0.25, 0.3) is 5.91 Å². The average molecular weight is 279 g/mol. The third-order valence-corrected chi connectivity index (χ3v) is 3.85. The number of aryl methyl sites for hydroxylation is 1. The van der Waals surface area contributed by atoms with Crippen molar-refractivity contribution in [2.45, 2.75) is 45.1 Å². The van der Waals surface area contributed by atoms with E-state index in [-0.39, 0.29) is 24.5 Å². The van der Waals surface area contributed by atoms with E-state index in [1.807, 2.05) is 6.92 Å². The van der Waals surface area contributed by atoms with Crippen molar-refractivity contribution in [1.29, 1.82) is 0 Å². The fourth-order valence-electron chi connectivity index (χ4n) is 2.75. The van der Waals surface area contributed by atoms with Gasteiger partial charge in [0.15, 0.2) is 0 Å². The predicted octanol–water partition coefficient (Wildman–Crippen LogP) is 2.40. The van der Waals surface area contributed by atoms with Crippen molar-refractivity contribution >= 4 is 11.9 Å². The molecule has 0 spiro atoms. The van der Waals surface area contributed by atoms with Crippen LogP contribution in [0.4, 0.5) is 0 Å². The van der Waals surface area contributed by atoms with Crippen molar-refractivity contribution in [2.24, 2.45) is 0 Å². The first-order valence-electron chi connectivity index (χ1n) is 7.11. The fraction of sp³-hybridized carbons (Fsp3) is 0.600. The second-order valence-corrected chi connectivity index (χ2v) is 5.06. The summed E-state index contributed by atoms with van der Waals surface area (Å²) in [6, 6.07) is 1.81. The lowest BCUT2D eigenvalue weighted by Crippen LogP contribution is -2.42. The number of amides is 1. The number of rotatable bonds is 5. The maximum Gasteiger partial charge on any atom is 0.325 e. The Hall–Kier alpha value is -1.78. The molecular weight excluding hydrogens is 258 g/mol. The molecule has 110 valence electrons. The van der Waals surface area contributed by atoms with E-state index in [0.717, 1.165) is 25.7 Å². The third-order valence-electron chi connectivity index (χ3n) is 3.85. The zero-order valence-corrected chi connectivity index (χ0v) is 12.1. The van der Waals surface area contributed by atoms with Gasteiger partial charge >= 0.3 is 5.97 Å². The minimum atomic E-state index is -0.383. The van der Waals surface area contributed by atoms with Crippen molar-refractivity contribution < 1.29 is 18.7 Å². The second kappa shape index (κ2) is 6.59. The summed E-state index contributed by atoms with van der Waals surface area (Å²) < 4.78 is 10.0. The first-order valence-corrected chi connectivity index (χ1v) is 7.11. The lowest BCUT2D eigenvalue weighted by Gasteiger charge is -2.27. The maximum absolute atomic E-state index is 12.7. The fourth-order valence-corrected chi connectivity index (χ4v) is 2.75. The number of carbonyl (C=O) groups is 2. The van der Waals surface area contributed by atoms with Crippen LogP contribution < -0.4 is 0 Å². The Labute approximate surface area is 118 Å². The van der Waals surface area contributed by atoms with Gasteiger partial charge in [-0.15, -0.1) is 0 Å². The topological polar surface area (TPSA) is 59.8 Å². The summed E-state index contributed by atoms with van der Waals surface area (Å²) in [6.45, 7) is 1.95. The molecule has 0 saturated heterocycles. The van der Waals surface area contributed by atoms with E-state index in [2.05, 4.69) is 0 Å². The third kappa shape index (κ3) is 3.03. The summed E-state index contributed by atoms with van der Waals surface area (Å²) in [5.74, 6) is 0.155. The number of hydrogen-bond donors (Lipinski definition) is 0. The minimum Gasteiger partial charge on any atom is -0.469 e. The van der Waals surface area contributed by atoms with Crippen molar-refractivity contribution in [1.82, 2.24) is 4.90 Å². The molecule has 1 amide bonds. The lowest BCUT2D eigenvalue weighted by molar-refractivity contribution is -0.141. The van der Waals surface area contributed by atoms with Crippen LogP contribution in [0.3, 0.4) is 0 Å². The first-order chi connectivity index (χ1) is 9.67. The van der Waals surface area contributed by atoms with Crippen molar-refractivity contribution in [3.63, 3.8) is 0 Å². The van der Waals surface area contributed by atoms with E-state index in [1.165, 1.54) is 13.4 Å². The van der Waals surface area contributed by atoms with E-state index in [9.17, 15) is 9.59 Å². The van der Waals surface area contributed by atoms with Crippen LogP contribution in [-0.2, 0) is 16.0 Å². The average Bonchev–Trinajstić information content (AvgIpc) is 3.13. The number of hydrogen-bond acceptors (Lipinski definition) is 4. The SMILES string of the molecule is CCc1occc1C(=O)N(CC(=O)OC)C1CCCC1. The number of carbonyl (C=O) groups excluding carboxylic acids is 2. The van der Waals surface area contributed by atoms with Gasteiger partial charge in [-0.1, -0.05) is 19.8 Å². The van der Waals surface area contributed by atoms with Crippen LogP contribution in [0.5, 0.6) is 0 Å². The second-order valence-electron chi connectivity index (χ2n) is 5.06.